The molecule has 0 aliphatic rings. The minimum atomic E-state index is -1.52. The number of methoxy groups -OCH3 is 1. The Kier molecular flexibility index (Phi) is 6.77. The van der Waals surface area contributed by atoms with Gasteiger partial charge in [-0.2, -0.15) is 0 Å². The van der Waals surface area contributed by atoms with Crippen LogP contribution in [0.1, 0.15) is 6.92 Å². The lowest BCUT2D eigenvalue weighted by atomic mass is 10.2. The van der Waals surface area contributed by atoms with Crippen LogP contribution < -0.4 is 5.32 Å². The molecule has 1 aromatic carbocycles. The fourth-order valence-electron chi connectivity index (χ4n) is 1.51. The number of hydrogen-bond acceptors (Lipinski definition) is 4. The largest absolute Gasteiger partial charge is 0.389 e. The third-order valence-corrected chi connectivity index (χ3v) is 2.50. The molecule has 0 amide bonds. The summed E-state index contributed by atoms with van der Waals surface area (Å²) in [7, 11) is 1.54. The lowest BCUT2D eigenvalue weighted by Gasteiger charge is -2.17. The van der Waals surface area contributed by atoms with Crippen molar-refractivity contribution >= 4 is 5.69 Å². The van der Waals surface area contributed by atoms with Crippen molar-refractivity contribution in [2.24, 2.45) is 0 Å². The zero-order chi connectivity index (χ0) is 15.1. The van der Waals surface area contributed by atoms with E-state index in [4.69, 9.17) is 9.47 Å². The Morgan fingerprint density at radius 2 is 1.80 bits per heavy atom. The third kappa shape index (κ3) is 5.36. The molecule has 0 aliphatic heterocycles. The van der Waals surface area contributed by atoms with Gasteiger partial charge in [0.25, 0.3) is 0 Å². The number of rotatable bonds is 8. The second kappa shape index (κ2) is 8.08. The van der Waals surface area contributed by atoms with Gasteiger partial charge in [0.15, 0.2) is 17.5 Å². The molecule has 0 aliphatic carbocycles. The van der Waals surface area contributed by atoms with Gasteiger partial charge in [-0.3, -0.25) is 0 Å². The predicted molar refractivity (Wildman–Crippen MR) is 68.1 cm³/mol. The molecule has 4 nitrogen and oxygen atoms in total. The summed E-state index contributed by atoms with van der Waals surface area (Å²) >= 11 is 0. The maximum atomic E-state index is 12.9. The molecular weight excluding hydrogens is 275 g/mol. The van der Waals surface area contributed by atoms with Gasteiger partial charge >= 0.3 is 0 Å². The summed E-state index contributed by atoms with van der Waals surface area (Å²) in [6.07, 6.45) is -1.04. The van der Waals surface area contributed by atoms with Crippen LogP contribution in [0.2, 0.25) is 0 Å². The van der Waals surface area contributed by atoms with Crippen molar-refractivity contribution in [3.8, 4) is 0 Å². The summed E-state index contributed by atoms with van der Waals surface area (Å²) in [6, 6.07) is 1.64. The molecule has 0 saturated heterocycles. The number of anilines is 1. The summed E-state index contributed by atoms with van der Waals surface area (Å²) < 4.78 is 48.8. The third-order valence-electron chi connectivity index (χ3n) is 2.50. The molecular formula is C13H18F3NO3. The maximum absolute atomic E-state index is 12.9. The van der Waals surface area contributed by atoms with Crippen LogP contribution in [-0.4, -0.2) is 44.2 Å². The molecule has 2 N–H and O–H groups in total. The Hall–Kier alpha value is -1.31. The Morgan fingerprint density at radius 1 is 1.20 bits per heavy atom. The number of ether oxygens (including phenoxy) is 2. The highest BCUT2D eigenvalue weighted by Crippen LogP contribution is 2.17. The number of halogens is 3. The molecule has 0 saturated carbocycles. The van der Waals surface area contributed by atoms with E-state index in [2.05, 4.69) is 5.32 Å². The Bertz CT molecular complexity index is 408. The summed E-state index contributed by atoms with van der Waals surface area (Å²) in [6.45, 7) is 2.25. The first-order valence-corrected chi connectivity index (χ1v) is 6.11. The summed E-state index contributed by atoms with van der Waals surface area (Å²) in [5.74, 6) is -4.09. The SMILES string of the molecule is COCC(C)OCC(O)CNc1cc(F)c(F)c(F)c1. The van der Waals surface area contributed by atoms with E-state index in [1.807, 2.05) is 0 Å². The molecule has 2 unspecified atom stereocenters. The smallest absolute Gasteiger partial charge is 0.194 e. The van der Waals surface area contributed by atoms with Crippen molar-refractivity contribution in [2.45, 2.75) is 19.1 Å². The van der Waals surface area contributed by atoms with Crippen molar-refractivity contribution in [2.75, 3.05) is 32.2 Å². The molecule has 0 heterocycles. The zero-order valence-corrected chi connectivity index (χ0v) is 11.3. The second-order valence-electron chi connectivity index (χ2n) is 4.39. The van der Waals surface area contributed by atoms with Gasteiger partial charge in [-0.25, -0.2) is 13.2 Å². The van der Waals surface area contributed by atoms with Crippen molar-refractivity contribution < 1.29 is 27.8 Å². The van der Waals surface area contributed by atoms with Crippen LogP contribution in [-0.2, 0) is 9.47 Å². The molecule has 20 heavy (non-hydrogen) atoms. The summed E-state index contributed by atoms with van der Waals surface area (Å²) in [5, 5.41) is 12.2. The maximum Gasteiger partial charge on any atom is 0.194 e. The molecule has 0 bridgehead atoms. The van der Waals surface area contributed by atoms with E-state index < -0.39 is 23.6 Å². The highest BCUT2D eigenvalue weighted by Gasteiger charge is 2.12. The minimum absolute atomic E-state index is 0.0181. The summed E-state index contributed by atoms with van der Waals surface area (Å²) in [4.78, 5) is 0. The second-order valence-corrected chi connectivity index (χ2v) is 4.39. The van der Waals surface area contributed by atoms with Gasteiger partial charge in [-0.1, -0.05) is 0 Å². The first-order valence-electron chi connectivity index (χ1n) is 6.11. The van der Waals surface area contributed by atoms with Gasteiger partial charge < -0.3 is 19.9 Å². The lowest BCUT2D eigenvalue weighted by Crippen LogP contribution is -2.28. The van der Waals surface area contributed by atoms with Crippen molar-refractivity contribution in [1.82, 2.24) is 0 Å². The molecule has 0 aromatic heterocycles. The quantitative estimate of drug-likeness (QED) is 0.719. The Morgan fingerprint density at radius 3 is 2.35 bits per heavy atom. The van der Waals surface area contributed by atoms with Crippen LogP contribution in [0.3, 0.4) is 0 Å². The highest BCUT2D eigenvalue weighted by atomic mass is 19.2. The molecule has 2 atom stereocenters. The fraction of sp³-hybridized carbons (Fsp3) is 0.538. The normalized spacial score (nSPS) is 14.1. The van der Waals surface area contributed by atoms with Crippen LogP contribution in [0.25, 0.3) is 0 Å². The van der Waals surface area contributed by atoms with Gasteiger partial charge in [-0.15, -0.1) is 0 Å². The van der Waals surface area contributed by atoms with E-state index in [9.17, 15) is 18.3 Å². The lowest BCUT2D eigenvalue weighted by molar-refractivity contribution is -0.0282. The van der Waals surface area contributed by atoms with E-state index in [0.29, 0.717) is 6.61 Å². The van der Waals surface area contributed by atoms with E-state index in [1.165, 1.54) is 7.11 Å². The van der Waals surface area contributed by atoms with E-state index in [0.717, 1.165) is 12.1 Å². The average molecular weight is 293 g/mol. The number of aliphatic hydroxyl groups is 1. The number of nitrogens with one attached hydrogen (secondary N) is 1. The molecule has 0 fully saturated rings. The van der Waals surface area contributed by atoms with Crippen molar-refractivity contribution in [3.63, 3.8) is 0 Å². The molecule has 7 heteroatoms. The standard InChI is InChI=1S/C13H18F3NO3/c1-8(6-19-2)20-7-10(18)5-17-9-3-11(14)13(16)12(15)4-9/h3-4,8,10,17-18H,5-7H2,1-2H3. The molecule has 1 rings (SSSR count). The van der Waals surface area contributed by atoms with Crippen molar-refractivity contribution in [3.05, 3.63) is 29.6 Å². The number of hydrogen-bond donors (Lipinski definition) is 2. The predicted octanol–water partition coefficient (Wildman–Crippen LogP) is 1.93. The average Bonchev–Trinajstić information content (AvgIpc) is 2.40. The van der Waals surface area contributed by atoms with Crippen LogP contribution >= 0.6 is 0 Å². The highest BCUT2D eigenvalue weighted by molar-refractivity contribution is 5.44. The first kappa shape index (κ1) is 16.7. The van der Waals surface area contributed by atoms with Crippen LogP contribution in [0, 0.1) is 17.5 Å². The van der Waals surface area contributed by atoms with Gasteiger partial charge in [0.05, 0.1) is 25.4 Å². The summed E-state index contributed by atoms with van der Waals surface area (Å²) in [5.41, 5.74) is 0.0467. The van der Waals surface area contributed by atoms with Crippen LogP contribution in [0.4, 0.5) is 18.9 Å². The molecule has 1 aromatic rings. The van der Waals surface area contributed by atoms with E-state index >= 15 is 0 Å². The van der Waals surface area contributed by atoms with Crippen LogP contribution in [0.5, 0.6) is 0 Å². The van der Waals surface area contributed by atoms with Gasteiger partial charge in [0, 0.05) is 31.5 Å². The van der Waals surface area contributed by atoms with Gasteiger partial charge in [0.1, 0.15) is 0 Å². The van der Waals surface area contributed by atoms with E-state index in [1.54, 1.807) is 6.92 Å². The molecule has 0 radical (unpaired) electrons. The topological polar surface area (TPSA) is 50.7 Å². The number of benzene rings is 1. The van der Waals surface area contributed by atoms with Crippen LogP contribution in [0.15, 0.2) is 12.1 Å². The van der Waals surface area contributed by atoms with Gasteiger partial charge in [0.2, 0.25) is 0 Å². The molecule has 0 spiro atoms. The fourth-order valence-corrected chi connectivity index (χ4v) is 1.51. The van der Waals surface area contributed by atoms with Gasteiger partial charge in [-0.05, 0) is 6.92 Å². The first-order chi connectivity index (χ1) is 9.43. The van der Waals surface area contributed by atoms with E-state index in [-0.39, 0.29) is 24.9 Å². The number of aliphatic hydroxyl groups excluding tert-OH is 1. The Labute approximate surface area is 115 Å². The zero-order valence-electron chi connectivity index (χ0n) is 11.3. The Balaban J connectivity index is 2.39. The minimum Gasteiger partial charge on any atom is -0.389 e. The monoisotopic (exact) mass is 293 g/mol. The molecule has 114 valence electrons. The van der Waals surface area contributed by atoms with Crippen molar-refractivity contribution in [1.29, 1.82) is 0 Å².